The Bertz CT molecular complexity index is 619. The first-order valence-electron chi connectivity index (χ1n) is 6.30. The molecular formula is C15H14BrFN2O2. The van der Waals surface area contributed by atoms with E-state index in [0.29, 0.717) is 24.5 Å². The van der Waals surface area contributed by atoms with Gasteiger partial charge in [-0.05, 0) is 46.3 Å². The number of pyridine rings is 1. The summed E-state index contributed by atoms with van der Waals surface area (Å²) >= 11 is 3.28. The highest BCUT2D eigenvalue weighted by Crippen LogP contribution is 2.12. The van der Waals surface area contributed by atoms with Crippen molar-refractivity contribution >= 4 is 21.8 Å². The van der Waals surface area contributed by atoms with Crippen molar-refractivity contribution in [3.8, 4) is 5.75 Å². The molecule has 0 aliphatic carbocycles. The van der Waals surface area contributed by atoms with E-state index in [1.165, 1.54) is 18.3 Å². The molecule has 0 aliphatic heterocycles. The molecule has 0 N–H and O–H groups in total. The Kier molecular flexibility index (Phi) is 5.27. The van der Waals surface area contributed by atoms with E-state index < -0.39 is 0 Å². The lowest BCUT2D eigenvalue weighted by Crippen LogP contribution is -2.30. The van der Waals surface area contributed by atoms with Crippen molar-refractivity contribution in [3.63, 3.8) is 0 Å². The third-order valence-electron chi connectivity index (χ3n) is 2.81. The van der Waals surface area contributed by atoms with Crippen molar-refractivity contribution < 1.29 is 13.9 Å². The number of amides is 1. The molecule has 0 saturated carbocycles. The molecule has 0 fully saturated rings. The third kappa shape index (κ3) is 4.53. The Labute approximate surface area is 130 Å². The molecule has 21 heavy (non-hydrogen) atoms. The van der Waals surface area contributed by atoms with Crippen LogP contribution in [0.1, 0.15) is 10.4 Å². The summed E-state index contributed by atoms with van der Waals surface area (Å²) in [6.45, 7) is 0.748. The number of nitrogens with zero attached hydrogens (tertiary/aromatic N) is 2. The van der Waals surface area contributed by atoms with Gasteiger partial charge in [0.05, 0.1) is 12.1 Å². The fourth-order valence-corrected chi connectivity index (χ4v) is 2.05. The fourth-order valence-electron chi connectivity index (χ4n) is 1.68. The summed E-state index contributed by atoms with van der Waals surface area (Å²) in [5.74, 6) is 0.129. The average molecular weight is 353 g/mol. The lowest BCUT2D eigenvalue weighted by molar-refractivity contribution is 0.0773. The Balaban J connectivity index is 1.85. The van der Waals surface area contributed by atoms with Gasteiger partial charge < -0.3 is 9.64 Å². The first-order chi connectivity index (χ1) is 10.1. The van der Waals surface area contributed by atoms with Gasteiger partial charge in [-0.3, -0.25) is 9.78 Å². The zero-order chi connectivity index (χ0) is 15.2. The van der Waals surface area contributed by atoms with Crippen LogP contribution in [0.4, 0.5) is 4.39 Å². The van der Waals surface area contributed by atoms with Gasteiger partial charge in [-0.25, -0.2) is 4.39 Å². The van der Waals surface area contributed by atoms with Gasteiger partial charge in [-0.1, -0.05) is 0 Å². The second kappa shape index (κ2) is 7.17. The van der Waals surface area contributed by atoms with Crippen molar-refractivity contribution in [2.24, 2.45) is 0 Å². The minimum Gasteiger partial charge on any atom is -0.492 e. The molecule has 0 radical (unpaired) electrons. The number of carbonyl (C=O) groups is 1. The molecule has 0 atom stereocenters. The monoisotopic (exact) mass is 352 g/mol. The second-order valence-corrected chi connectivity index (χ2v) is 5.34. The zero-order valence-corrected chi connectivity index (χ0v) is 13.0. The molecule has 2 rings (SSSR count). The standard InChI is InChI=1S/C15H14BrFN2O2/c1-19(15(20)11-8-12(16)10-18-9-11)6-7-21-14-4-2-13(17)3-5-14/h2-5,8-10H,6-7H2,1H3. The fraction of sp³-hybridized carbons (Fsp3) is 0.200. The van der Waals surface area contributed by atoms with Crippen molar-refractivity contribution in [2.75, 3.05) is 20.2 Å². The summed E-state index contributed by atoms with van der Waals surface area (Å²) < 4.78 is 19.0. The molecular weight excluding hydrogens is 339 g/mol. The quantitative estimate of drug-likeness (QED) is 0.830. The average Bonchev–Trinajstić information content (AvgIpc) is 2.48. The minimum atomic E-state index is -0.309. The summed E-state index contributed by atoms with van der Waals surface area (Å²) in [5.41, 5.74) is 0.508. The van der Waals surface area contributed by atoms with Crippen molar-refractivity contribution in [1.82, 2.24) is 9.88 Å². The summed E-state index contributed by atoms with van der Waals surface area (Å²) in [4.78, 5) is 17.7. The number of aromatic nitrogens is 1. The van der Waals surface area contributed by atoms with Gasteiger partial charge >= 0.3 is 0 Å². The van der Waals surface area contributed by atoms with E-state index in [0.717, 1.165) is 4.47 Å². The highest BCUT2D eigenvalue weighted by atomic mass is 79.9. The van der Waals surface area contributed by atoms with Crippen LogP contribution in [0.5, 0.6) is 5.75 Å². The molecule has 0 saturated heterocycles. The number of hydrogen-bond acceptors (Lipinski definition) is 3. The van der Waals surface area contributed by atoms with E-state index in [1.54, 1.807) is 36.3 Å². The zero-order valence-electron chi connectivity index (χ0n) is 11.4. The van der Waals surface area contributed by atoms with E-state index in [9.17, 15) is 9.18 Å². The van der Waals surface area contributed by atoms with Crippen LogP contribution in [0.25, 0.3) is 0 Å². The lowest BCUT2D eigenvalue weighted by Gasteiger charge is -2.17. The normalized spacial score (nSPS) is 10.2. The maximum Gasteiger partial charge on any atom is 0.255 e. The Hall–Kier alpha value is -1.95. The molecule has 1 aromatic carbocycles. The van der Waals surface area contributed by atoms with Crippen LogP contribution in [0, 0.1) is 5.82 Å². The summed E-state index contributed by atoms with van der Waals surface area (Å²) in [6.07, 6.45) is 3.14. The number of hydrogen-bond donors (Lipinski definition) is 0. The predicted molar refractivity (Wildman–Crippen MR) is 80.8 cm³/mol. The number of rotatable bonds is 5. The summed E-state index contributed by atoms with van der Waals surface area (Å²) in [7, 11) is 1.69. The molecule has 2 aromatic rings. The van der Waals surface area contributed by atoms with E-state index in [1.807, 2.05) is 0 Å². The Morgan fingerprint density at radius 1 is 1.33 bits per heavy atom. The summed E-state index contributed by atoms with van der Waals surface area (Å²) in [6, 6.07) is 7.48. The van der Waals surface area contributed by atoms with Gasteiger partial charge in [0.2, 0.25) is 0 Å². The van der Waals surface area contributed by atoms with E-state index in [2.05, 4.69) is 20.9 Å². The first-order valence-corrected chi connectivity index (χ1v) is 7.10. The number of ether oxygens (including phenoxy) is 1. The van der Waals surface area contributed by atoms with Gasteiger partial charge in [0.25, 0.3) is 5.91 Å². The maximum atomic E-state index is 12.7. The van der Waals surface area contributed by atoms with Crippen molar-refractivity contribution in [1.29, 1.82) is 0 Å². The Morgan fingerprint density at radius 2 is 2.05 bits per heavy atom. The number of likely N-dealkylation sites (N-methyl/N-ethyl adjacent to an activating group) is 1. The van der Waals surface area contributed by atoms with E-state index >= 15 is 0 Å². The number of carbonyl (C=O) groups excluding carboxylic acids is 1. The topological polar surface area (TPSA) is 42.4 Å². The van der Waals surface area contributed by atoms with Gasteiger partial charge in [0.1, 0.15) is 18.2 Å². The lowest BCUT2D eigenvalue weighted by atomic mass is 10.2. The van der Waals surface area contributed by atoms with Crippen LogP contribution >= 0.6 is 15.9 Å². The molecule has 4 nitrogen and oxygen atoms in total. The van der Waals surface area contributed by atoms with Gasteiger partial charge in [0, 0.05) is 23.9 Å². The molecule has 110 valence electrons. The number of benzene rings is 1. The van der Waals surface area contributed by atoms with Gasteiger partial charge in [0.15, 0.2) is 0 Å². The molecule has 0 unspecified atom stereocenters. The number of halogens is 2. The molecule has 6 heteroatoms. The smallest absolute Gasteiger partial charge is 0.255 e. The maximum absolute atomic E-state index is 12.7. The summed E-state index contributed by atoms with van der Waals surface area (Å²) in [5, 5.41) is 0. The van der Waals surface area contributed by atoms with Gasteiger partial charge in [-0.2, -0.15) is 0 Å². The molecule has 0 bridgehead atoms. The highest BCUT2D eigenvalue weighted by molar-refractivity contribution is 9.10. The Morgan fingerprint density at radius 3 is 2.71 bits per heavy atom. The second-order valence-electron chi connectivity index (χ2n) is 4.42. The molecule has 1 aromatic heterocycles. The highest BCUT2D eigenvalue weighted by Gasteiger charge is 2.12. The van der Waals surface area contributed by atoms with E-state index in [-0.39, 0.29) is 11.7 Å². The third-order valence-corrected chi connectivity index (χ3v) is 3.24. The van der Waals surface area contributed by atoms with Crippen molar-refractivity contribution in [3.05, 3.63) is 58.6 Å². The molecule has 1 amide bonds. The molecule has 1 heterocycles. The predicted octanol–water partition coefficient (Wildman–Crippen LogP) is 3.13. The van der Waals surface area contributed by atoms with Crippen LogP contribution in [0.15, 0.2) is 47.2 Å². The molecule has 0 aliphatic rings. The van der Waals surface area contributed by atoms with Crippen LogP contribution < -0.4 is 4.74 Å². The van der Waals surface area contributed by atoms with E-state index in [4.69, 9.17) is 4.74 Å². The largest absolute Gasteiger partial charge is 0.492 e. The van der Waals surface area contributed by atoms with Gasteiger partial charge in [-0.15, -0.1) is 0 Å². The SMILES string of the molecule is CN(CCOc1ccc(F)cc1)C(=O)c1cncc(Br)c1. The van der Waals surface area contributed by atoms with Crippen LogP contribution in [0.2, 0.25) is 0 Å². The van der Waals surface area contributed by atoms with Crippen LogP contribution in [-0.4, -0.2) is 36.0 Å². The van der Waals surface area contributed by atoms with Crippen LogP contribution in [-0.2, 0) is 0 Å². The molecule has 0 spiro atoms. The van der Waals surface area contributed by atoms with Crippen molar-refractivity contribution in [2.45, 2.75) is 0 Å². The first kappa shape index (κ1) is 15.4. The minimum absolute atomic E-state index is 0.133. The van der Waals surface area contributed by atoms with Crippen LogP contribution in [0.3, 0.4) is 0 Å².